The predicted molar refractivity (Wildman–Crippen MR) is 76.5 cm³/mol. The second kappa shape index (κ2) is 6.90. The summed E-state index contributed by atoms with van der Waals surface area (Å²) in [5.74, 6) is -1.25. The molecule has 110 valence electrons. The van der Waals surface area contributed by atoms with Crippen LogP contribution in [-0.2, 0) is 4.79 Å². The molecule has 0 aliphatic heterocycles. The summed E-state index contributed by atoms with van der Waals surface area (Å²) in [6.45, 7) is 5.46. The third-order valence-electron chi connectivity index (χ3n) is 2.61. The molecule has 0 unspecified atom stereocenters. The molecule has 1 heterocycles. The molecule has 1 aromatic rings. The van der Waals surface area contributed by atoms with Crippen molar-refractivity contribution >= 4 is 34.2 Å². The van der Waals surface area contributed by atoms with Crippen molar-refractivity contribution in [3.05, 3.63) is 16.0 Å². The molecule has 0 aromatic carbocycles. The van der Waals surface area contributed by atoms with E-state index in [0.29, 0.717) is 17.1 Å². The molecule has 0 saturated carbocycles. The van der Waals surface area contributed by atoms with Gasteiger partial charge in [0.15, 0.2) is 0 Å². The first-order chi connectivity index (χ1) is 9.32. The van der Waals surface area contributed by atoms with Gasteiger partial charge in [-0.1, -0.05) is 0 Å². The van der Waals surface area contributed by atoms with Gasteiger partial charge in [-0.3, -0.25) is 10.1 Å². The number of carbonyl (C=O) groups is 3. The summed E-state index contributed by atoms with van der Waals surface area (Å²) in [5.41, 5.74) is 0.764. The Morgan fingerprint density at radius 3 is 2.30 bits per heavy atom. The average Bonchev–Trinajstić information content (AvgIpc) is 2.60. The van der Waals surface area contributed by atoms with E-state index in [2.05, 4.69) is 16.0 Å². The number of aromatic carboxylic acids is 1. The van der Waals surface area contributed by atoms with Crippen molar-refractivity contribution < 1.29 is 19.5 Å². The van der Waals surface area contributed by atoms with Gasteiger partial charge in [0, 0.05) is 24.9 Å². The smallest absolute Gasteiger partial charge is 0.338 e. The molecule has 4 N–H and O–H groups in total. The molecule has 3 amide bonds. The third-order valence-corrected chi connectivity index (χ3v) is 3.73. The summed E-state index contributed by atoms with van der Waals surface area (Å²) in [6.07, 6.45) is 0. The molecule has 0 bridgehead atoms. The van der Waals surface area contributed by atoms with Crippen LogP contribution in [0.1, 0.15) is 27.7 Å². The number of rotatable bonds is 5. The van der Waals surface area contributed by atoms with Crippen molar-refractivity contribution in [1.82, 2.24) is 10.6 Å². The highest BCUT2D eigenvalue weighted by molar-refractivity contribution is 7.16. The third kappa shape index (κ3) is 4.23. The zero-order chi connectivity index (χ0) is 15.3. The lowest BCUT2D eigenvalue weighted by Gasteiger charge is -2.07. The molecule has 1 rings (SSSR count). The SMILES string of the molecule is CC(=O)NCCNC(=O)Nc1sc(C)c(C)c1C(=O)O. The number of hydrogen-bond donors (Lipinski definition) is 4. The molecule has 20 heavy (non-hydrogen) atoms. The van der Waals surface area contributed by atoms with Gasteiger partial charge in [0.2, 0.25) is 5.91 Å². The fourth-order valence-corrected chi connectivity index (χ4v) is 2.58. The number of urea groups is 1. The van der Waals surface area contributed by atoms with Crippen LogP contribution in [0.3, 0.4) is 0 Å². The van der Waals surface area contributed by atoms with E-state index in [1.807, 2.05) is 0 Å². The Morgan fingerprint density at radius 1 is 1.15 bits per heavy atom. The standard InChI is InChI=1S/C12H17N3O4S/c1-6-7(2)20-10(9(6)11(17)18)15-12(19)14-5-4-13-8(3)16/h4-5H2,1-3H3,(H,13,16)(H,17,18)(H2,14,15,19). The van der Waals surface area contributed by atoms with E-state index in [1.165, 1.54) is 18.3 Å². The van der Waals surface area contributed by atoms with E-state index in [0.717, 1.165) is 4.88 Å². The normalized spacial score (nSPS) is 9.95. The molecular weight excluding hydrogens is 282 g/mol. The van der Waals surface area contributed by atoms with Gasteiger partial charge in [-0.25, -0.2) is 9.59 Å². The highest BCUT2D eigenvalue weighted by Crippen LogP contribution is 2.32. The minimum atomic E-state index is -1.07. The van der Waals surface area contributed by atoms with Crippen molar-refractivity contribution in [1.29, 1.82) is 0 Å². The quantitative estimate of drug-likeness (QED) is 0.615. The van der Waals surface area contributed by atoms with Gasteiger partial charge in [-0.05, 0) is 19.4 Å². The summed E-state index contributed by atoms with van der Waals surface area (Å²) < 4.78 is 0. The fraction of sp³-hybridized carbons (Fsp3) is 0.417. The second-order valence-corrected chi connectivity index (χ2v) is 5.38. The van der Waals surface area contributed by atoms with Crippen LogP contribution in [0.4, 0.5) is 9.80 Å². The monoisotopic (exact) mass is 299 g/mol. The number of aryl methyl sites for hydroxylation is 1. The number of carbonyl (C=O) groups excluding carboxylic acids is 2. The molecule has 7 nitrogen and oxygen atoms in total. The topological polar surface area (TPSA) is 108 Å². The van der Waals surface area contributed by atoms with Crippen molar-refractivity contribution in [3.8, 4) is 0 Å². The van der Waals surface area contributed by atoms with Gasteiger partial charge in [0.1, 0.15) is 5.00 Å². The van der Waals surface area contributed by atoms with E-state index in [9.17, 15) is 14.4 Å². The van der Waals surface area contributed by atoms with E-state index < -0.39 is 12.0 Å². The summed E-state index contributed by atoms with van der Waals surface area (Å²) in [7, 11) is 0. The first-order valence-electron chi connectivity index (χ1n) is 5.95. The van der Waals surface area contributed by atoms with Crippen molar-refractivity contribution in [2.75, 3.05) is 18.4 Å². The molecule has 8 heteroatoms. The van der Waals surface area contributed by atoms with E-state index in [-0.39, 0.29) is 18.0 Å². The zero-order valence-electron chi connectivity index (χ0n) is 11.5. The lowest BCUT2D eigenvalue weighted by atomic mass is 10.1. The fourth-order valence-electron chi connectivity index (χ4n) is 1.53. The zero-order valence-corrected chi connectivity index (χ0v) is 12.3. The Hall–Kier alpha value is -2.09. The largest absolute Gasteiger partial charge is 0.478 e. The van der Waals surface area contributed by atoms with Crippen molar-refractivity contribution in [2.45, 2.75) is 20.8 Å². The van der Waals surface area contributed by atoms with Crippen molar-refractivity contribution in [2.24, 2.45) is 0 Å². The average molecular weight is 299 g/mol. The maximum absolute atomic E-state index is 11.6. The van der Waals surface area contributed by atoms with Gasteiger partial charge in [0.25, 0.3) is 0 Å². The van der Waals surface area contributed by atoms with Gasteiger partial charge < -0.3 is 15.7 Å². The Morgan fingerprint density at radius 2 is 1.75 bits per heavy atom. The number of amides is 3. The van der Waals surface area contributed by atoms with Crippen LogP contribution in [0, 0.1) is 13.8 Å². The van der Waals surface area contributed by atoms with Crippen molar-refractivity contribution in [3.63, 3.8) is 0 Å². The van der Waals surface area contributed by atoms with Gasteiger partial charge in [-0.2, -0.15) is 0 Å². The molecule has 0 atom stereocenters. The van der Waals surface area contributed by atoms with Crippen LogP contribution in [-0.4, -0.2) is 36.1 Å². The highest BCUT2D eigenvalue weighted by atomic mass is 32.1. The number of anilines is 1. The maximum atomic E-state index is 11.6. The van der Waals surface area contributed by atoms with Crippen LogP contribution in [0.2, 0.25) is 0 Å². The number of nitrogens with one attached hydrogen (secondary N) is 3. The molecule has 0 spiro atoms. The minimum Gasteiger partial charge on any atom is -0.478 e. The molecule has 0 aliphatic carbocycles. The molecular formula is C12H17N3O4S. The number of carboxylic acids is 1. The van der Waals surface area contributed by atoms with E-state index in [4.69, 9.17) is 5.11 Å². The summed E-state index contributed by atoms with van der Waals surface area (Å²) in [6, 6.07) is -0.501. The summed E-state index contributed by atoms with van der Waals surface area (Å²) >= 11 is 1.22. The molecule has 0 radical (unpaired) electrons. The lowest BCUT2D eigenvalue weighted by molar-refractivity contribution is -0.118. The highest BCUT2D eigenvalue weighted by Gasteiger charge is 2.20. The molecule has 1 aromatic heterocycles. The van der Waals surface area contributed by atoms with Crippen LogP contribution < -0.4 is 16.0 Å². The molecule has 0 fully saturated rings. The maximum Gasteiger partial charge on any atom is 0.338 e. The summed E-state index contributed by atoms with van der Waals surface area (Å²) in [5, 5.41) is 17.0. The number of carboxylic acid groups (broad SMARTS) is 1. The van der Waals surface area contributed by atoms with Crippen LogP contribution >= 0.6 is 11.3 Å². The Balaban J connectivity index is 2.60. The molecule has 0 saturated heterocycles. The van der Waals surface area contributed by atoms with Gasteiger partial charge >= 0.3 is 12.0 Å². The Kier molecular flexibility index (Phi) is 5.51. The van der Waals surface area contributed by atoms with Crippen LogP contribution in [0.15, 0.2) is 0 Å². The summed E-state index contributed by atoms with van der Waals surface area (Å²) in [4.78, 5) is 34.3. The number of hydrogen-bond acceptors (Lipinski definition) is 4. The Bertz CT molecular complexity index is 539. The first-order valence-corrected chi connectivity index (χ1v) is 6.77. The van der Waals surface area contributed by atoms with Crippen LogP contribution in [0.5, 0.6) is 0 Å². The Labute approximate surface area is 120 Å². The van der Waals surface area contributed by atoms with E-state index >= 15 is 0 Å². The van der Waals surface area contributed by atoms with Crippen LogP contribution in [0.25, 0.3) is 0 Å². The van der Waals surface area contributed by atoms with Gasteiger partial charge in [0.05, 0.1) is 5.56 Å². The first kappa shape index (κ1) is 16.0. The second-order valence-electron chi connectivity index (χ2n) is 4.16. The lowest BCUT2D eigenvalue weighted by Crippen LogP contribution is -2.36. The van der Waals surface area contributed by atoms with E-state index in [1.54, 1.807) is 13.8 Å². The van der Waals surface area contributed by atoms with Gasteiger partial charge in [-0.15, -0.1) is 11.3 Å². The molecule has 0 aliphatic rings. The number of thiophene rings is 1. The predicted octanol–water partition coefficient (Wildman–Crippen LogP) is 1.32. The minimum absolute atomic E-state index is 0.115.